The summed E-state index contributed by atoms with van der Waals surface area (Å²) in [6.07, 6.45) is -4.52. The third-order valence-electron chi connectivity index (χ3n) is 3.65. The predicted octanol–water partition coefficient (Wildman–Crippen LogP) is 3.06. The number of amides is 1. The maximum absolute atomic E-state index is 12.4. The molecule has 0 atom stereocenters. The summed E-state index contributed by atoms with van der Waals surface area (Å²) >= 11 is 0. The molecular weight excluding hydrogens is 325 g/mol. The first-order valence-corrected chi connectivity index (χ1v) is 7.66. The number of nitrogens with zero attached hydrogens (tertiary/aromatic N) is 2. The van der Waals surface area contributed by atoms with E-state index in [4.69, 9.17) is 4.74 Å². The lowest BCUT2D eigenvalue weighted by molar-refractivity contribution is -0.275. The molecule has 1 fully saturated rings. The molecule has 0 unspecified atom stereocenters. The average molecular weight is 345 g/mol. The Kier molecular flexibility index (Phi) is 6.30. The molecule has 0 N–H and O–H groups in total. The Morgan fingerprint density at radius 1 is 1.17 bits per heavy atom. The van der Waals surface area contributed by atoms with Crippen LogP contribution in [-0.2, 0) is 11.3 Å². The Hall–Kier alpha value is -1.96. The van der Waals surface area contributed by atoms with E-state index < -0.39 is 12.5 Å². The van der Waals surface area contributed by atoms with Crippen molar-refractivity contribution in [3.63, 3.8) is 0 Å². The molecule has 1 amide bonds. The highest BCUT2D eigenvalue weighted by Crippen LogP contribution is 2.26. The number of carbonyl (C=O) groups excluding carboxylic acids is 1. The van der Waals surface area contributed by atoms with Crippen LogP contribution < -0.4 is 4.74 Å². The standard InChI is InChI=1S/C16H20F3N2O3/c1-2-7-20-8-10-21(11-9-20)15(22)23-12-13-5-3-4-6-14(13)24-16(17,18)19/h3-6H,1-2,7-12H2. The first-order chi connectivity index (χ1) is 11.4. The number of alkyl halides is 3. The normalized spacial score (nSPS) is 16.1. The molecule has 0 bridgehead atoms. The molecule has 133 valence electrons. The first-order valence-electron chi connectivity index (χ1n) is 7.66. The fraction of sp³-hybridized carbons (Fsp3) is 0.500. The fourth-order valence-corrected chi connectivity index (χ4v) is 2.46. The lowest BCUT2D eigenvalue weighted by Gasteiger charge is -2.33. The van der Waals surface area contributed by atoms with Crippen molar-refractivity contribution < 1.29 is 27.4 Å². The van der Waals surface area contributed by atoms with Gasteiger partial charge >= 0.3 is 12.5 Å². The summed E-state index contributed by atoms with van der Waals surface area (Å²) < 4.78 is 46.2. The number of hydrogen-bond acceptors (Lipinski definition) is 4. The number of para-hydroxylation sites is 1. The van der Waals surface area contributed by atoms with E-state index in [1.54, 1.807) is 11.0 Å². The third-order valence-corrected chi connectivity index (χ3v) is 3.65. The van der Waals surface area contributed by atoms with E-state index in [1.807, 2.05) is 0 Å². The van der Waals surface area contributed by atoms with Crippen molar-refractivity contribution in [2.45, 2.75) is 19.4 Å². The highest BCUT2D eigenvalue weighted by atomic mass is 19.4. The van der Waals surface area contributed by atoms with Crippen LogP contribution in [0.5, 0.6) is 5.75 Å². The van der Waals surface area contributed by atoms with E-state index >= 15 is 0 Å². The fourth-order valence-electron chi connectivity index (χ4n) is 2.46. The zero-order chi connectivity index (χ0) is 17.6. The molecule has 1 aliphatic heterocycles. The number of rotatable bonds is 5. The lowest BCUT2D eigenvalue weighted by atomic mass is 10.2. The third kappa shape index (κ3) is 5.59. The number of hydrogen-bond donors (Lipinski definition) is 0. The molecule has 0 saturated carbocycles. The van der Waals surface area contributed by atoms with Crippen molar-refractivity contribution in [2.24, 2.45) is 0 Å². The van der Waals surface area contributed by atoms with Crippen LogP contribution in [0.15, 0.2) is 24.3 Å². The second kappa shape index (κ2) is 8.23. The number of carbonyl (C=O) groups is 1. The first kappa shape index (κ1) is 18.4. The van der Waals surface area contributed by atoms with Crippen LogP contribution in [0.1, 0.15) is 12.0 Å². The summed E-state index contributed by atoms with van der Waals surface area (Å²) in [6, 6.07) is 5.60. The highest BCUT2D eigenvalue weighted by molar-refractivity contribution is 5.67. The van der Waals surface area contributed by atoms with Gasteiger partial charge in [-0.3, -0.25) is 4.90 Å². The number of halogens is 3. The van der Waals surface area contributed by atoms with Crippen molar-refractivity contribution in [3.05, 3.63) is 36.8 Å². The van der Waals surface area contributed by atoms with Crippen LogP contribution in [-0.4, -0.2) is 55.0 Å². The van der Waals surface area contributed by atoms with Gasteiger partial charge in [-0.1, -0.05) is 25.1 Å². The number of ether oxygens (including phenoxy) is 2. The summed E-state index contributed by atoms with van der Waals surface area (Å²) in [6.45, 7) is 6.92. The predicted molar refractivity (Wildman–Crippen MR) is 81.3 cm³/mol. The van der Waals surface area contributed by atoms with E-state index in [0.717, 1.165) is 26.1 Å². The molecule has 24 heavy (non-hydrogen) atoms. The zero-order valence-electron chi connectivity index (χ0n) is 13.2. The van der Waals surface area contributed by atoms with Crippen LogP contribution >= 0.6 is 0 Å². The van der Waals surface area contributed by atoms with Gasteiger partial charge in [0.15, 0.2) is 0 Å². The minimum atomic E-state index is -4.79. The maximum atomic E-state index is 12.4. The minimum absolute atomic E-state index is 0.166. The monoisotopic (exact) mass is 345 g/mol. The molecule has 0 aromatic heterocycles. The van der Waals surface area contributed by atoms with Crippen molar-refractivity contribution in [1.29, 1.82) is 0 Å². The van der Waals surface area contributed by atoms with Crippen molar-refractivity contribution >= 4 is 6.09 Å². The highest BCUT2D eigenvalue weighted by Gasteiger charge is 2.32. The summed E-state index contributed by atoms with van der Waals surface area (Å²) in [5.74, 6) is -0.363. The summed E-state index contributed by atoms with van der Waals surface area (Å²) in [5, 5.41) is 0. The molecule has 1 saturated heterocycles. The molecule has 0 spiro atoms. The van der Waals surface area contributed by atoms with Crippen LogP contribution in [0.4, 0.5) is 18.0 Å². The Morgan fingerprint density at radius 2 is 1.83 bits per heavy atom. The Bertz CT molecular complexity index is 544. The summed E-state index contributed by atoms with van der Waals surface area (Å²) in [5.41, 5.74) is 0.166. The molecule has 0 aliphatic carbocycles. The van der Waals surface area contributed by atoms with Crippen LogP contribution in [0, 0.1) is 6.92 Å². The van der Waals surface area contributed by atoms with Gasteiger partial charge < -0.3 is 14.4 Å². The van der Waals surface area contributed by atoms with E-state index in [1.165, 1.54) is 18.2 Å². The maximum Gasteiger partial charge on any atom is 0.573 e. The van der Waals surface area contributed by atoms with Crippen LogP contribution in [0.3, 0.4) is 0 Å². The van der Waals surface area contributed by atoms with Crippen LogP contribution in [0.2, 0.25) is 0 Å². The van der Waals surface area contributed by atoms with Gasteiger partial charge in [-0.2, -0.15) is 0 Å². The topological polar surface area (TPSA) is 42.0 Å². The quantitative estimate of drug-likeness (QED) is 0.823. The van der Waals surface area contributed by atoms with Gasteiger partial charge in [-0.25, -0.2) is 4.79 Å². The van der Waals surface area contributed by atoms with Gasteiger partial charge in [0.1, 0.15) is 12.4 Å². The van der Waals surface area contributed by atoms with Crippen LogP contribution in [0.25, 0.3) is 0 Å². The van der Waals surface area contributed by atoms with Gasteiger partial charge in [-0.15, -0.1) is 13.2 Å². The Morgan fingerprint density at radius 3 is 2.46 bits per heavy atom. The van der Waals surface area contributed by atoms with E-state index in [9.17, 15) is 18.0 Å². The molecule has 8 heteroatoms. The Balaban J connectivity index is 1.86. The van der Waals surface area contributed by atoms with Crippen molar-refractivity contribution in [1.82, 2.24) is 9.80 Å². The van der Waals surface area contributed by atoms with E-state index in [0.29, 0.717) is 13.1 Å². The van der Waals surface area contributed by atoms with E-state index in [-0.39, 0.29) is 17.9 Å². The molecule has 1 aromatic rings. The Labute approximate surface area is 138 Å². The molecule has 1 radical (unpaired) electrons. The van der Waals surface area contributed by atoms with E-state index in [2.05, 4.69) is 16.6 Å². The summed E-state index contributed by atoms with van der Waals surface area (Å²) in [7, 11) is 0. The van der Waals surface area contributed by atoms with Gasteiger partial charge in [0.25, 0.3) is 0 Å². The molecule has 5 nitrogen and oxygen atoms in total. The van der Waals surface area contributed by atoms with Gasteiger partial charge in [-0.05, 0) is 19.0 Å². The second-order valence-electron chi connectivity index (χ2n) is 5.39. The number of piperazine rings is 1. The largest absolute Gasteiger partial charge is 0.573 e. The molecule has 1 aromatic carbocycles. The zero-order valence-corrected chi connectivity index (χ0v) is 13.2. The number of benzene rings is 1. The van der Waals surface area contributed by atoms with Gasteiger partial charge in [0, 0.05) is 31.7 Å². The lowest BCUT2D eigenvalue weighted by Crippen LogP contribution is -2.48. The van der Waals surface area contributed by atoms with Crippen molar-refractivity contribution in [2.75, 3.05) is 32.7 Å². The molecular formula is C16H20F3N2O3. The SMILES string of the molecule is [CH2]CCN1CCN(C(=O)OCc2ccccc2OC(F)(F)F)CC1. The molecule has 2 rings (SSSR count). The van der Waals surface area contributed by atoms with Gasteiger partial charge in [0.05, 0.1) is 0 Å². The second-order valence-corrected chi connectivity index (χ2v) is 5.39. The van der Waals surface area contributed by atoms with Gasteiger partial charge in [0.2, 0.25) is 0 Å². The summed E-state index contributed by atoms with van der Waals surface area (Å²) in [4.78, 5) is 15.8. The average Bonchev–Trinajstić information content (AvgIpc) is 2.53. The smallest absolute Gasteiger partial charge is 0.444 e. The molecule has 1 aliphatic rings. The van der Waals surface area contributed by atoms with Crippen molar-refractivity contribution in [3.8, 4) is 5.75 Å². The minimum Gasteiger partial charge on any atom is -0.444 e. The molecule has 1 heterocycles.